The molecule has 24 heavy (non-hydrogen) atoms. The Balaban J connectivity index is 1.73. The molecule has 2 unspecified atom stereocenters. The van der Waals surface area contributed by atoms with Crippen molar-refractivity contribution in [1.29, 1.82) is 0 Å². The molecule has 2 atom stereocenters. The van der Waals surface area contributed by atoms with Crippen LogP contribution in [0.2, 0.25) is 0 Å². The molecule has 0 aromatic rings. The lowest BCUT2D eigenvalue weighted by Crippen LogP contribution is -2.67. The van der Waals surface area contributed by atoms with Crippen LogP contribution >= 0.6 is 11.8 Å². The molecule has 0 spiro atoms. The lowest BCUT2D eigenvalue weighted by molar-refractivity contribution is -0.0310. The van der Waals surface area contributed by atoms with Gasteiger partial charge in [-0.05, 0) is 37.5 Å². The van der Waals surface area contributed by atoms with Crippen LogP contribution in [0.4, 0.5) is 0 Å². The Hall–Kier alpha value is -0.910. The summed E-state index contributed by atoms with van der Waals surface area (Å²) in [6.07, 6.45) is 20.8. The Morgan fingerprint density at radius 1 is 0.917 bits per heavy atom. The maximum atomic E-state index is 3.55. The molecule has 0 bridgehead atoms. The third-order valence-corrected chi connectivity index (χ3v) is 7.31. The van der Waals surface area contributed by atoms with Crippen LogP contribution in [0.3, 0.4) is 0 Å². The summed E-state index contributed by atoms with van der Waals surface area (Å²) in [5.74, 6) is 2.00. The predicted octanol–water partition coefficient (Wildman–Crippen LogP) is 2.69. The van der Waals surface area contributed by atoms with E-state index in [1.807, 2.05) is 0 Å². The van der Waals surface area contributed by atoms with Gasteiger partial charge in [0.1, 0.15) is 5.66 Å². The molecule has 4 nitrogen and oxygen atoms in total. The quantitative estimate of drug-likeness (QED) is 0.767. The maximum absolute atomic E-state index is 3.55. The van der Waals surface area contributed by atoms with Crippen LogP contribution in [-0.4, -0.2) is 52.9 Å². The molecule has 4 rings (SSSR count). The van der Waals surface area contributed by atoms with Gasteiger partial charge in [0.05, 0.1) is 13.3 Å². The number of nitrogens with zero attached hydrogens (tertiary/aromatic N) is 2. The van der Waals surface area contributed by atoms with Crippen LogP contribution in [0, 0.1) is 5.92 Å². The molecule has 1 saturated heterocycles. The minimum atomic E-state index is -0.0406. The van der Waals surface area contributed by atoms with Crippen molar-refractivity contribution in [2.75, 3.05) is 32.2 Å². The molecule has 0 aromatic heterocycles. The highest BCUT2D eigenvalue weighted by atomic mass is 32.2. The molecule has 4 aliphatic rings. The first-order valence-electron chi connectivity index (χ1n) is 9.49. The average molecular weight is 347 g/mol. The van der Waals surface area contributed by atoms with Crippen LogP contribution in [-0.2, 0) is 0 Å². The van der Waals surface area contributed by atoms with Crippen molar-refractivity contribution in [2.24, 2.45) is 5.92 Å². The number of thioether (sulfide) groups is 1. The molecule has 0 aromatic carbocycles. The highest BCUT2D eigenvalue weighted by Crippen LogP contribution is 2.46. The molecule has 3 aliphatic heterocycles. The molecular weight excluding hydrogens is 316 g/mol. The van der Waals surface area contributed by atoms with Crippen LogP contribution in [0.25, 0.3) is 0 Å². The van der Waals surface area contributed by atoms with Gasteiger partial charge >= 0.3 is 0 Å². The van der Waals surface area contributed by atoms with Gasteiger partial charge in [0.15, 0.2) is 0 Å². The molecule has 1 aliphatic carbocycles. The van der Waals surface area contributed by atoms with Crippen molar-refractivity contribution >= 4 is 11.8 Å². The number of rotatable bonds is 3. The van der Waals surface area contributed by atoms with E-state index in [2.05, 4.69) is 68.9 Å². The Kier molecular flexibility index (Phi) is 5.20. The summed E-state index contributed by atoms with van der Waals surface area (Å²) in [6, 6.07) is 0. The smallest absolute Gasteiger partial charge is 0.137 e. The maximum Gasteiger partial charge on any atom is 0.137 e. The number of allylic oxidation sites excluding steroid dienone is 1. The summed E-state index contributed by atoms with van der Waals surface area (Å²) < 4.78 is 0. The average Bonchev–Trinajstić information content (AvgIpc) is 2.70. The van der Waals surface area contributed by atoms with Crippen LogP contribution < -0.4 is 10.6 Å². The van der Waals surface area contributed by atoms with Crippen molar-refractivity contribution in [3.8, 4) is 0 Å². The fraction of sp³-hybridized carbons (Fsp3) is 0.684. The van der Waals surface area contributed by atoms with Crippen molar-refractivity contribution < 1.29 is 0 Å². The zero-order chi connectivity index (χ0) is 16.2. The standard InChI is InChI=1S/C19H30N4S/c1-3-9-19(22-12-5-10-20-15-22,23-13-6-11-21-16-23)17(7-1)18-8-2-4-14-24-18/h3,5-6,9,12-13,17-18,20-21H,1-2,4,7-8,10-11,14-16H2. The van der Waals surface area contributed by atoms with Gasteiger partial charge in [-0.15, -0.1) is 0 Å². The van der Waals surface area contributed by atoms with Gasteiger partial charge in [0, 0.05) is 36.7 Å². The summed E-state index contributed by atoms with van der Waals surface area (Å²) in [6.45, 7) is 3.82. The zero-order valence-electron chi connectivity index (χ0n) is 14.5. The summed E-state index contributed by atoms with van der Waals surface area (Å²) in [5, 5.41) is 7.87. The van der Waals surface area contributed by atoms with E-state index in [-0.39, 0.29) is 5.66 Å². The number of nitrogens with one attached hydrogen (secondary N) is 2. The second kappa shape index (κ2) is 7.54. The van der Waals surface area contributed by atoms with Gasteiger partial charge in [0.2, 0.25) is 0 Å². The molecule has 5 heteroatoms. The Bertz CT molecular complexity index is 485. The van der Waals surface area contributed by atoms with E-state index < -0.39 is 0 Å². The van der Waals surface area contributed by atoms with Crippen LogP contribution in [0.1, 0.15) is 32.1 Å². The SMILES string of the molecule is C1=CC(N2C=CCNC2)(N2C=CCNC2)C(C2CCCCS2)CC1. The largest absolute Gasteiger partial charge is 0.339 e. The van der Waals surface area contributed by atoms with Crippen molar-refractivity contribution in [3.63, 3.8) is 0 Å². The Morgan fingerprint density at radius 2 is 1.67 bits per heavy atom. The topological polar surface area (TPSA) is 30.5 Å². The number of hydrogen-bond donors (Lipinski definition) is 2. The van der Waals surface area contributed by atoms with Crippen LogP contribution in [0.15, 0.2) is 36.7 Å². The summed E-state index contributed by atoms with van der Waals surface area (Å²) in [5.41, 5.74) is -0.0406. The molecule has 132 valence electrons. The first-order valence-corrected chi connectivity index (χ1v) is 10.5. The molecule has 0 amide bonds. The number of hydrogen-bond acceptors (Lipinski definition) is 5. The van der Waals surface area contributed by atoms with E-state index in [0.717, 1.165) is 31.7 Å². The lowest BCUT2D eigenvalue weighted by atomic mass is 9.77. The minimum Gasteiger partial charge on any atom is -0.339 e. The fourth-order valence-corrected chi connectivity index (χ4v) is 6.26. The van der Waals surface area contributed by atoms with Crippen LogP contribution in [0.5, 0.6) is 0 Å². The third-order valence-electron chi connectivity index (χ3n) is 5.80. The normalized spacial score (nSPS) is 33.0. The first kappa shape index (κ1) is 16.6. The minimum absolute atomic E-state index is 0.0406. The van der Waals surface area contributed by atoms with E-state index in [4.69, 9.17) is 0 Å². The van der Waals surface area contributed by atoms with Gasteiger partial charge in [0.25, 0.3) is 0 Å². The third kappa shape index (κ3) is 3.02. The molecule has 3 heterocycles. The van der Waals surface area contributed by atoms with Gasteiger partial charge < -0.3 is 9.80 Å². The molecule has 2 N–H and O–H groups in total. The van der Waals surface area contributed by atoms with E-state index in [1.165, 1.54) is 37.9 Å². The second-order valence-electron chi connectivity index (χ2n) is 7.21. The van der Waals surface area contributed by atoms with E-state index >= 15 is 0 Å². The predicted molar refractivity (Wildman–Crippen MR) is 102 cm³/mol. The van der Waals surface area contributed by atoms with E-state index in [0.29, 0.717) is 5.92 Å². The summed E-state index contributed by atoms with van der Waals surface area (Å²) in [4.78, 5) is 5.09. The molecular formula is C19H30N4S. The van der Waals surface area contributed by atoms with Gasteiger partial charge in [-0.3, -0.25) is 10.6 Å². The fourth-order valence-electron chi connectivity index (χ4n) is 4.69. The van der Waals surface area contributed by atoms with E-state index in [9.17, 15) is 0 Å². The van der Waals surface area contributed by atoms with Crippen molar-refractivity contribution in [1.82, 2.24) is 20.4 Å². The summed E-state index contributed by atoms with van der Waals surface area (Å²) >= 11 is 2.22. The highest BCUT2D eigenvalue weighted by molar-refractivity contribution is 7.99. The Labute approximate surface area is 150 Å². The molecule has 0 radical (unpaired) electrons. The first-order chi connectivity index (χ1) is 11.9. The zero-order valence-corrected chi connectivity index (χ0v) is 15.3. The van der Waals surface area contributed by atoms with Gasteiger partial charge in [-0.1, -0.05) is 24.6 Å². The highest BCUT2D eigenvalue weighted by Gasteiger charge is 2.49. The van der Waals surface area contributed by atoms with Gasteiger partial charge in [-0.25, -0.2) is 0 Å². The monoisotopic (exact) mass is 346 g/mol. The van der Waals surface area contributed by atoms with Crippen molar-refractivity contribution in [3.05, 3.63) is 36.7 Å². The van der Waals surface area contributed by atoms with E-state index in [1.54, 1.807) is 0 Å². The Morgan fingerprint density at radius 3 is 2.25 bits per heavy atom. The molecule has 0 saturated carbocycles. The molecule has 1 fully saturated rings. The second-order valence-corrected chi connectivity index (χ2v) is 8.55. The summed E-state index contributed by atoms with van der Waals surface area (Å²) in [7, 11) is 0. The van der Waals surface area contributed by atoms with Gasteiger partial charge in [-0.2, -0.15) is 11.8 Å². The van der Waals surface area contributed by atoms with Crippen molar-refractivity contribution in [2.45, 2.75) is 43.0 Å². The lowest BCUT2D eigenvalue weighted by Gasteiger charge is -2.57.